The maximum Gasteiger partial charge on any atom is 0.213 e. The van der Waals surface area contributed by atoms with E-state index in [1.165, 1.54) is 32.4 Å². The summed E-state index contributed by atoms with van der Waals surface area (Å²) < 4.78 is 5.89. The highest BCUT2D eigenvalue weighted by Gasteiger charge is 2.16. The molecule has 1 aliphatic heterocycles. The number of ether oxygens (including phenoxy) is 1. The molecule has 0 amide bonds. The molecule has 2 aromatic heterocycles. The van der Waals surface area contributed by atoms with Gasteiger partial charge in [0.15, 0.2) is 0 Å². The van der Waals surface area contributed by atoms with Gasteiger partial charge < -0.3 is 14.6 Å². The molecule has 3 aromatic rings. The van der Waals surface area contributed by atoms with E-state index >= 15 is 0 Å². The number of imidazole rings is 1. The third kappa shape index (κ3) is 4.31. The van der Waals surface area contributed by atoms with Crippen LogP contribution >= 0.6 is 11.6 Å². The predicted molar refractivity (Wildman–Crippen MR) is 114 cm³/mol. The number of rotatable bonds is 6. The highest BCUT2D eigenvalue weighted by atomic mass is 35.5. The number of aryl methyl sites for hydroxylation is 1. The number of para-hydroxylation sites is 1. The number of aromatic amines is 1. The van der Waals surface area contributed by atoms with Gasteiger partial charge in [-0.05, 0) is 76.4 Å². The third-order valence-electron chi connectivity index (χ3n) is 5.65. The maximum atomic E-state index is 6.24. The number of pyridine rings is 1. The van der Waals surface area contributed by atoms with Crippen LogP contribution in [0.3, 0.4) is 0 Å². The topological polar surface area (TPSA) is 54.0 Å². The Kier molecular flexibility index (Phi) is 5.83. The van der Waals surface area contributed by atoms with Crippen molar-refractivity contribution in [3.8, 4) is 17.3 Å². The molecule has 0 unspecified atom stereocenters. The molecule has 6 heteroatoms. The average molecular weight is 399 g/mol. The van der Waals surface area contributed by atoms with E-state index in [0.29, 0.717) is 10.9 Å². The SMILES string of the molecule is Cc1cc(OCCCC2CCN(C)CC2)ncc1-c1nc2c(Cl)cccc2[nH]1. The van der Waals surface area contributed by atoms with Crippen LogP contribution < -0.4 is 4.74 Å². The van der Waals surface area contributed by atoms with Crippen molar-refractivity contribution >= 4 is 22.6 Å². The first-order chi connectivity index (χ1) is 13.6. The van der Waals surface area contributed by atoms with E-state index in [-0.39, 0.29) is 0 Å². The van der Waals surface area contributed by atoms with Crippen molar-refractivity contribution in [2.45, 2.75) is 32.6 Å². The first-order valence-electron chi connectivity index (χ1n) is 10.0. The molecule has 0 spiro atoms. The number of halogens is 1. The zero-order chi connectivity index (χ0) is 19.5. The van der Waals surface area contributed by atoms with Crippen molar-refractivity contribution in [1.29, 1.82) is 0 Å². The summed E-state index contributed by atoms with van der Waals surface area (Å²) in [6, 6.07) is 7.73. The molecular formula is C22H27ClN4O. The number of benzene rings is 1. The smallest absolute Gasteiger partial charge is 0.213 e. The van der Waals surface area contributed by atoms with Crippen LogP contribution in [0.1, 0.15) is 31.2 Å². The Morgan fingerprint density at radius 1 is 1.29 bits per heavy atom. The number of H-pyrrole nitrogens is 1. The Hall–Kier alpha value is -2.11. The first-order valence-corrected chi connectivity index (χ1v) is 10.4. The Labute approximate surface area is 171 Å². The number of likely N-dealkylation sites (tertiary alicyclic amines) is 1. The van der Waals surface area contributed by atoms with Gasteiger partial charge in [0, 0.05) is 17.8 Å². The number of hydrogen-bond acceptors (Lipinski definition) is 4. The van der Waals surface area contributed by atoms with E-state index in [9.17, 15) is 0 Å². The molecule has 1 saturated heterocycles. The summed E-state index contributed by atoms with van der Waals surface area (Å²) in [5, 5.41) is 0.648. The minimum atomic E-state index is 0.648. The van der Waals surface area contributed by atoms with Crippen molar-refractivity contribution < 1.29 is 4.74 Å². The van der Waals surface area contributed by atoms with E-state index in [1.807, 2.05) is 30.5 Å². The normalized spacial score (nSPS) is 16.0. The molecule has 4 rings (SSSR count). The fourth-order valence-electron chi connectivity index (χ4n) is 3.88. The highest BCUT2D eigenvalue weighted by molar-refractivity contribution is 6.35. The Morgan fingerprint density at radius 3 is 2.86 bits per heavy atom. The lowest BCUT2D eigenvalue weighted by molar-refractivity contribution is 0.199. The lowest BCUT2D eigenvalue weighted by Gasteiger charge is -2.28. The van der Waals surface area contributed by atoms with E-state index < -0.39 is 0 Å². The molecule has 1 aliphatic rings. The second kappa shape index (κ2) is 8.50. The summed E-state index contributed by atoms with van der Waals surface area (Å²) in [4.78, 5) is 14.9. The fourth-order valence-corrected chi connectivity index (χ4v) is 4.10. The average Bonchev–Trinajstić information content (AvgIpc) is 3.12. The summed E-state index contributed by atoms with van der Waals surface area (Å²) in [6.07, 6.45) is 6.77. The molecule has 0 saturated carbocycles. The summed E-state index contributed by atoms with van der Waals surface area (Å²) in [7, 11) is 2.21. The first kappa shape index (κ1) is 19.2. The van der Waals surface area contributed by atoms with Crippen LogP contribution in [0.25, 0.3) is 22.4 Å². The fraction of sp³-hybridized carbons (Fsp3) is 0.455. The molecule has 1 N–H and O–H groups in total. The van der Waals surface area contributed by atoms with Crippen molar-refractivity contribution in [2.75, 3.05) is 26.7 Å². The van der Waals surface area contributed by atoms with Crippen molar-refractivity contribution in [1.82, 2.24) is 19.9 Å². The lowest BCUT2D eigenvalue weighted by atomic mass is 9.93. The molecule has 0 atom stereocenters. The van der Waals surface area contributed by atoms with E-state index in [2.05, 4.69) is 33.8 Å². The van der Waals surface area contributed by atoms with Crippen LogP contribution in [0.5, 0.6) is 5.88 Å². The van der Waals surface area contributed by atoms with Crippen LogP contribution in [0.2, 0.25) is 5.02 Å². The standard InChI is InChI=1S/C22H27ClN4O/c1-15-13-20(28-12-4-5-16-8-10-27(2)11-9-16)24-14-17(15)22-25-19-7-3-6-18(23)21(19)26-22/h3,6-7,13-14,16H,4-5,8-12H2,1-2H3,(H,25,26). The number of hydrogen-bond donors (Lipinski definition) is 1. The third-order valence-corrected chi connectivity index (χ3v) is 5.95. The molecule has 3 heterocycles. The Morgan fingerprint density at radius 2 is 2.11 bits per heavy atom. The molecule has 5 nitrogen and oxygen atoms in total. The van der Waals surface area contributed by atoms with Crippen LogP contribution in [-0.4, -0.2) is 46.6 Å². The van der Waals surface area contributed by atoms with Gasteiger partial charge in [-0.2, -0.15) is 0 Å². The Balaban J connectivity index is 1.35. The number of nitrogens with one attached hydrogen (secondary N) is 1. The second-order valence-electron chi connectivity index (χ2n) is 7.80. The highest BCUT2D eigenvalue weighted by Crippen LogP contribution is 2.28. The summed E-state index contributed by atoms with van der Waals surface area (Å²) in [6.45, 7) is 5.22. The molecule has 1 fully saturated rings. The summed E-state index contributed by atoms with van der Waals surface area (Å²) in [5.41, 5.74) is 3.75. The minimum Gasteiger partial charge on any atom is -0.478 e. The zero-order valence-corrected chi connectivity index (χ0v) is 17.3. The number of fused-ring (bicyclic) bond motifs is 1. The quantitative estimate of drug-likeness (QED) is 0.588. The van der Waals surface area contributed by atoms with Crippen molar-refractivity contribution in [3.63, 3.8) is 0 Å². The van der Waals surface area contributed by atoms with Gasteiger partial charge in [-0.1, -0.05) is 17.7 Å². The molecular weight excluding hydrogens is 372 g/mol. The molecule has 1 aromatic carbocycles. The number of piperidine rings is 1. The maximum absolute atomic E-state index is 6.24. The van der Waals surface area contributed by atoms with Crippen molar-refractivity contribution in [2.24, 2.45) is 5.92 Å². The van der Waals surface area contributed by atoms with Crippen LogP contribution in [0.15, 0.2) is 30.5 Å². The van der Waals surface area contributed by atoms with Gasteiger partial charge in [0.2, 0.25) is 5.88 Å². The van der Waals surface area contributed by atoms with Crippen LogP contribution in [-0.2, 0) is 0 Å². The summed E-state index contributed by atoms with van der Waals surface area (Å²) in [5.74, 6) is 2.30. The Bertz CT molecular complexity index is 947. The minimum absolute atomic E-state index is 0.648. The van der Waals surface area contributed by atoms with Gasteiger partial charge in [-0.3, -0.25) is 0 Å². The molecule has 0 radical (unpaired) electrons. The molecule has 148 valence electrons. The number of aromatic nitrogens is 3. The van der Waals surface area contributed by atoms with Gasteiger partial charge in [0.25, 0.3) is 0 Å². The van der Waals surface area contributed by atoms with Crippen LogP contribution in [0, 0.1) is 12.8 Å². The van der Waals surface area contributed by atoms with E-state index in [4.69, 9.17) is 16.3 Å². The van der Waals surface area contributed by atoms with Crippen molar-refractivity contribution in [3.05, 3.63) is 41.0 Å². The van der Waals surface area contributed by atoms with E-state index in [0.717, 1.165) is 46.9 Å². The predicted octanol–water partition coefficient (Wildman–Crippen LogP) is 5.09. The van der Waals surface area contributed by atoms with Gasteiger partial charge in [0.05, 0.1) is 17.1 Å². The lowest BCUT2D eigenvalue weighted by Crippen LogP contribution is -2.30. The number of nitrogens with zero attached hydrogens (tertiary/aromatic N) is 3. The largest absolute Gasteiger partial charge is 0.478 e. The van der Waals surface area contributed by atoms with Crippen LogP contribution in [0.4, 0.5) is 0 Å². The monoisotopic (exact) mass is 398 g/mol. The van der Waals surface area contributed by atoms with Gasteiger partial charge in [-0.25, -0.2) is 9.97 Å². The van der Waals surface area contributed by atoms with Gasteiger partial charge >= 0.3 is 0 Å². The van der Waals surface area contributed by atoms with Gasteiger partial charge in [0.1, 0.15) is 11.3 Å². The summed E-state index contributed by atoms with van der Waals surface area (Å²) >= 11 is 6.24. The molecule has 0 bridgehead atoms. The molecule has 28 heavy (non-hydrogen) atoms. The zero-order valence-electron chi connectivity index (χ0n) is 16.5. The van der Waals surface area contributed by atoms with E-state index in [1.54, 1.807) is 0 Å². The molecule has 0 aliphatic carbocycles. The van der Waals surface area contributed by atoms with Gasteiger partial charge in [-0.15, -0.1) is 0 Å². The second-order valence-corrected chi connectivity index (χ2v) is 8.20.